The van der Waals surface area contributed by atoms with Gasteiger partial charge < -0.3 is 10.0 Å². The Bertz CT molecular complexity index is 892. The predicted octanol–water partition coefficient (Wildman–Crippen LogP) is 3.83. The maximum absolute atomic E-state index is 12.9. The lowest BCUT2D eigenvalue weighted by molar-refractivity contribution is -0.192. The number of halogens is 4. The summed E-state index contributed by atoms with van der Waals surface area (Å²) in [6, 6.07) is 8.07. The topological polar surface area (TPSA) is 73.2 Å². The highest BCUT2D eigenvalue weighted by atomic mass is 35.5. The van der Waals surface area contributed by atoms with Crippen molar-refractivity contribution < 1.29 is 27.9 Å². The highest BCUT2D eigenvalue weighted by molar-refractivity contribution is 6.30. The summed E-state index contributed by atoms with van der Waals surface area (Å²) in [6.45, 7) is 5.00. The minimum Gasteiger partial charge on any atom is -0.475 e. The molecular weight excluding hydrogens is 435 g/mol. The summed E-state index contributed by atoms with van der Waals surface area (Å²) in [5.74, 6) is -0.643. The van der Waals surface area contributed by atoms with E-state index < -0.39 is 17.7 Å². The van der Waals surface area contributed by atoms with E-state index in [-0.39, 0.29) is 5.91 Å². The number of rotatable bonds is 3. The van der Waals surface area contributed by atoms with E-state index in [0.717, 1.165) is 49.8 Å². The fourth-order valence-electron chi connectivity index (χ4n) is 4.89. The van der Waals surface area contributed by atoms with Crippen LogP contribution in [0, 0.1) is 11.8 Å². The van der Waals surface area contributed by atoms with Gasteiger partial charge in [-0.05, 0) is 36.5 Å². The largest absolute Gasteiger partial charge is 0.490 e. The van der Waals surface area contributed by atoms with Crippen LogP contribution in [-0.4, -0.2) is 64.5 Å². The molecule has 0 aromatic heterocycles. The van der Waals surface area contributed by atoms with E-state index >= 15 is 0 Å². The molecule has 2 aliphatic heterocycles. The summed E-state index contributed by atoms with van der Waals surface area (Å²) in [4.78, 5) is 31.0. The van der Waals surface area contributed by atoms with Gasteiger partial charge in [0.15, 0.2) is 0 Å². The molecule has 6 nitrogen and oxygen atoms in total. The van der Waals surface area contributed by atoms with E-state index in [4.69, 9.17) is 26.5 Å². The Morgan fingerprint density at radius 3 is 2.58 bits per heavy atom. The van der Waals surface area contributed by atoms with Crippen molar-refractivity contribution in [2.45, 2.75) is 44.4 Å². The molecule has 2 fully saturated rings. The molecule has 0 radical (unpaired) electrons. The second-order valence-corrected chi connectivity index (χ2v) is 8.64. The quantitative estimate of drug-likeness (QED) is 0.745. The monoisotopic (exact) mass is 459 g/mol. The van der Waals surface area contributed by atoms with Gasteiger partial charge in [0.25, 0.3) is 5.91 Å². The van der Waals surface area contributed by atoms with Crippen LogP contribution in [0.2, 0.25) is 5.02 Å². The Morgan fingerprint density at radius 1 is 1.35 bits per heavy atom. The van der Waals surface area contributed by atoms with Crippen LogP contribution >= 0.6 is 11.6 Å². The molecule has 1 aromatic rings. The number of benzene rings is 1. The van der Waals surface area contributed by atoms with Gasteiger partial charge in [-0.25, -0.2) is 4.79 Å². The molecule has 1 N–H and O–H groups in total. The van der Waals surface area contributed by atoms with Crippen LogP contribution in [0.15, 0.2) is 29.3 Å². The van der Waals surface area contributed by atoms with E-state index in [9.17, 15) is 18.0 Å². The molecule has 1 saturated carbocycles. The standard InChI is InChI=1S/C19H24ClN3O.C2HF3O2/c1-3-17-21-19(18(24)22(17)2)8-7-14-11-23(12-16(14)19)10-13-5-4-6-15(20)9-13;3-2(4,5)1(6)7/h4-6,9,14,16H,3,7-8,10-12H2,1-2H3;(H,6,7)/t14-,16+,19-;/m1./s1. The fraction of sp³-hybridized carbons (Fsp3) is 0.571. The number of fused-ring (bicyclic) bond motifs is 2. The number of carboxylic acids is 1. The van der Waals surface area contributed by atoms with Crippen molar-refractivity contribution in [2.75, 3.05) is 20.1 Å². The third kappa shape index (κ3) is 4.72. The molecule has 3 atom stereocenters. The van der Waals surface area contributed by atoms with Gasteiger partial charge in [-0.15, -0.1) is 0 Å². The van der Waals surface area contributed by atoms with Gasteiger partial charge in [0, 0.05) is 44.0 Å². The second kappa shape index (κ2) is 8.78. The molecule has 31 heavy (non-hydrogen) atoms. The van der Waals surface area contributed by atoms with Gasteiger partial charge in [0.2, 0.25) is 0 Å². The van der Waals surface area contributed by atoms with Gasteiger partial charge in [0.1, 0.15) is 11.4 Å². The number of amidine groups is 1. The third-order valence-electron chi connectivity index (χ3n) is 6.27. The van der Waals surface area contributed by atoms with Crippen molar-refractivity contribution >= 4 is 29.3 Å². The number of carbonyl (C=O) groups is 2. The molecule has 3 aliphatic rings. The van der Waals surface area contributed by atoms with Crippen LogP contribution in [0.3, 0.4) is 0 Å². The van der Waals surface area contributed by atoms with Crippen molar-refractivity contribution in [2.24, 2.45) is 16.8 Å². The first-order chi connectivity index (χ1) is 14.5. The van der Waals surface area contributed by atoms with Gasteiger partial charge in [0.05, 0.1) is 0 Å². The lowest BCUT2D eigenvalue weighted by atomic mass is 9.85. The SMILES string of the molecule is CCC1=N[C@@]2(CC[C@@H]3CN(Cc4cccc(Cl)c4)C[C@@H]32)C(=O)N1C.O=C(O)C(F)(F)F. The number of hydrogen-bond donors (Lipinski definition) is 1. The zero-order valence-corrected chi connectivity index (χ0v) is 18.1. The Morgan fingerprint density at radius 2 is 2.03 bits per heavy atom. The summed E-state index contributed by atoms with van der Waals surface area (Å²) in [5, 5.41) is 7.91. The molecule has 4 rings (SSSR count). The summed E-state index contributed by atoms with van der Waals surface area (Å²) in [7, 11) is 1.88. The minimum atomic E-state index is -5.08. The van der Waals surface area contributed by atoms with Crippen LogP contribution in [0.4, 0.5) is 13.2 Å². The normalized spacial score (nSPS) is 27.9. The summed E-state index contributed by atoms with van der Waals surface area (Å²) in [6.07, 6.45) is -2.23. The average Bonchev–Trinajstić information content (AvgIpc) is 3.31. The molecule has 0 unspecified atom stereocenters. The Balaban J connectivity index is 0.000000339. The van der Waals surface area contributed by atoms with E-state index in [2.05, 4.69) is 17.9 Å². The fourth-order valence-corrected chi connectivity index (χ4v) is 5.10. The van der Waals surface area contributed by atoms with Gasteiger partial charge in [-0.1, -0.05) is 30.7 Å². The molecule has 1 saturated heterocycles. The first-order valence-corrected chi connectivity index (χ1v) is 10.5. The van der Waals surface area contributed by atoms with E-state index in [1.807, 2.05) is 25.2 Å². The number of likely N-dealkylation sites (tertiary alicyclic amines) is 1. The molecular formula is C21H25ClF3N3O3. The smallest absolute Gasteiger partial charge is 0.475 e. The number of aliphatic carboxylic acids is 1. The highest BCUT2D eigenvalue weighted by Crippen LogP contribution is 2.50. The van der Waals surface area contributed by atoms with Crippen molar-refractivity contribution in [3.05, 3.63) is 34.9 Å². The zero-order chi connectivity index (χ0) is 23.0. The number of aliphatic imine (C=N–C) groups is 1. The van der Waals surface area contributed by atoms with Crippen LogP contribution in [0.1, 0.15) is 31.7 Å². The summed E-state index contributed by atoms with van der Waals surface area (Å²) < 4.78 is 31.7. The summed E-state index contributed by atoms with van der Waals surface area (Å²) >= 11 is 6.11. The first-order valence-electron chi connectivity index (χ1n) is 10.1. The van der Waals surface area contributed by atoms with Crippen LogP contribution in [-0.2, 0) is 16.1 Å². The van der Waals surface area contributed by atoms with Crippen molar-refractivity contribution in [3.8, 4) is 0 Å². The first kappa shape index (κ1) is 23.5. The molecule has 1 aromatic carbocycles. The lowest BCUT2D eigenvalue weighted by Gasteiger charge is -2.27. The maximum Gasteiger partial charge on any atom is 0.490 e. The summed E-state index contributed by atoms with van der Waals surface area (Å²) in [5.41, 5.74) is 0.762. The number of amides is 1. The molecule has 0 bridgehead atoms. The minimum absolute atomic E-state index is 0.219. The Hall–Kier alpha value is -2.13. The van der Waals surface area contributed by atoms with E-state index in [0.29, 0.717) is 11.8 Å². The van der Waals surface area contributed by atoms with E-state index in [1.54, 1.807) is 4.90 Å². The van der Waals surface area contributed by atoms with Gasteiger partial charge >= 0.3 is 12.1 Å². The van der Waals surface area contributed by atoms with Crippen molar-refractivity contribution in [1.29, 1.82) is 0 Å². The van der Waals surface area contributed by atoms with Crippen LogP contribution in [0.5, 0.6) is 0 Å². The Labute approximate surface area is 183 Å². The van der Waals surface area contributed by atoms with Crippen LogP contribution < -0.4 is 0 Å². The zero-order valence-electron chi connectivity index (χ0n) is 17.3. The lowest BCUT2D eigenvalue weighted by Crippen LogP contribution is -2.45. The van der Waals surface area contributed by atoms with Crippen molar-refractivity contribution in [3.63, 3.8) is 0 Å². The highest BCUT2D eigenvalue weighted by Gasteiger charge is 2.60. The molecule has 1 spiro atoms. The number of likely N-dealkylation sites (N-methyl/N-ethyl adjacent to an activating group) is 1. The second-order valence-electron chi connectivity index (χ2n) is 8.20. The number of hydrogen-bond acceptors (Lipinski definition) is 4. The third-order valence-corrected chi connectivity index (χ3v) is 6.51. The number of carbonyl (C=O) groups excluding carboxylic acids is 1. The number of carboxylic acid groups (broad SMARTS) is 1. The van der Waals surface area contributed by atoms with Crippen LogP contribution in [0.25, 0.3) is 0 Å². The Kier molecular flexibility index (Phi) is 6.67. The molecule has 1 aliphatic carbocycles. The number of nitrogens with zero attached hydrogens (tertiary/aromatic N) is 3. The van der Waals surface area contributed by atoms with Crippen molar-refractivity contribution in [1.82, 2.24) is 9.80 Å². The van der Waals surface area contributed by atoms with Gasteiger partial charge in [-0.3, -0.25) is 14.7 Å². The maximum atomic E-state index is 12.9. The average molecular weight is 460 g/mol. The van der Waals surface area contributed by atoms with E-state index in [1.165, 1.54) is 5.56 Å². The molecule has 2 heterocycles. The van der Waals surface area contributed by atoms with Gasteiger partial charge in [-0.2, -0.15) is 13.2 Å². The molecule has 170 valence electrons. The molecule has 10 heteroatoms. The molecule has 1 amide bonds. The number of alkyl halides is 3. The predicted molar refractivity (Wildman–Crippen MR) is 110 cm³/mol.